The summed E-state index contributed by atoms with van der Waals surface area (Å²) in [6.07, 6.45) is 2.66. The second-order valence-electron chi connectivity index (χ2n) is 2.97. The summed E-state index contributed by atoms with van der Waals surface area (Å²) in [6, 6.07) is 0. The summed E-state index contributed by atoms with van der Waals surface area (Å²) in [5, 5.41) is 0.463. The van der Waals surface area contributed by atoms with Gasteiger partial charge in [0.05, 0.1) is 17.7 Å². The molecular weight excluding hydrogens is 255 g/mol. The maximum Gasteiger partial charge on any atom is 0.339 e. The van der Waals surface area contributed by atoms with Crippen LogP contribution in [0.25, 0.3) is 0 Å². The molecule has 0 radical (unpaired) electrons. The Morgan fingerprint density at radius 1 is 1.77 bits per heavy atom. The molecule has 0 amide bonds. The highest BCUT2D eigenvalue weighted by Crippen LogP contribution is 2.34. The van der Waals surface area contributed by atoms with Crippen LogP contribution in [0.4, 0.5) is 0 Å². The summed E-state index contributed by atoms with van der Waals surface area (Å²) in [4.78, 5) is 11.2. The van der Waals surface area contributed by atoms with Gasteiger partial charge in [-0.25, -0.2) is 4.79 Å². The van der Waals surface area contributed by atoms with Gasteiger partial charge in [-0.15, -0.1) is 0 Å². The maximum absolute atomic E-state index is 11.2. The molecule has 1 rings (SSSR count). The number of carbonyl (C=O) groups is 1. The van der Waals surface area contributed by atoms with Crippen molar-refractivity contribution in [3.8, 4) is 0 Å². The van der Waals surface area contributed by atoms with Gasteiger partial charge in [-0.1, -0.05) is 40.5 Å². The van der Waals surface area contributed by atoms with Crippen molar-refractivity contribution in [2.45, 2.75) is 13.3 Å². The number of rotatable bonds is 1. The van der Waals surface area contributed by atoms with Crippen LogP contribution in [0.15, 0.2) is 21.2 Å². The quantitative estimate of drug-likeness (QED) is 0.681. The van der Waals surface area contributed by atoms with Crippen molar-refractivity contribution in [2.24, 2.45) is 5.92 Å². The molecule has 0 fully saturated rings. The van der Waals surface area contributed by atoms with Crippen molar-refractivity contribution in [3.05, 3.63) is 21.2 Å². The summed E-state index contributed by atoms with van der Waals surface area (Å²) in [5.41, 5.74) is 0.454. The van der Waals surface area contributed by atoms with E-state index in [0.29, 0.717) is 16.5 Å². The third-order valence-corrected chi connectivity index (χ3v) is 3.21. The molecule has 0 N–H and O–H groups in total. The van der Waals surface area contributed by atoms with E-state index in [0.717, 1.165) is 10.9 Å². The molecule has 1 aliphatic rings. The van der Waals surface area contributed by atoms with Crippen molar-refractivity contribution >= 4 is 33.5 Å². The van der Waals surface area contributed by atoms with E-state index in [1.165, 1.54) is 7.11 Å². The van der Waals surface area contributed by atoms with E-state index in [-0.39, 0.29) is 5.97 Å². The third kappa shape index (κ3) is 2.35. The topological polar surface area (TPSA) is 26.3 Å². The molecule has 1 atom stereocenters. The van der Waals surface area contributed by atoms with Gasteiger partial charge in [0.2, 0.25) is 0 Å². The fourth-order valence-electron chi connectivity index (χ4n) is 1.20. The number of hydrogen-bond donors (Lipinski definition) is 0. The summed E-state index contributed by atoms with van der Waals surface area (Å²) < 4.78 is 5.48. The smallest absolute Gasteiger partial charge is 0.339 e. The van der Waals surface area contributed by atoms with Crippen LogP contribution in [0.5, 0.6) is 0 Å². The van der Waals surface area contributed by atoms with E-state index < -0.39 is 0 Å². The van der Waals surface area contributed by atoms with E-state index in [2.05, 4.69) is 20.7 Å². The van der Waals surface area contributed by atoms with Crippen LogP contribution in [0, 0.1) is 5.92 Å². The Balaban J connectivity index is 3.00. The van der Waals surface area contributed by atoms with Crippen LogP contribution in [0.3, 0.4) is 0 Å². The molecule has 2 nitrogen and oxygen atoms in total. The van der Waals surface area contributed by atoms with Gasteiger partial charge in [0.15, 0.2) is 0 Å². The van der Waals surface area contributed by atoms with Gasteiger partial charge in [0.1, 0.15) is 0 Å². The minimum Gasteiger partial charge on any atom is -0.465 e. The number of ether oxygens (including phenoxy) is 1. The van der Waals surface area contributed by atoms with Crippen LogP contribution in [0.1, 0.15) is 13.3 Å². The molecule has 1 aliphatic carbocycles. The molecule has 0 bridgehead atoms. The van der Waals surface area contributed by atoms with Crippen LogP contribution < -0.4 is 0 Å². The molecular formula is C9H10BrClO2. The molecule has 0 aromatic heterocycles. The first-order valence-electron chi connectivity index (χ1n) is 3.91. The van der Waals surface area contributed by atoms with Gasteiger partial charge >= 0.3 is 5.97 Å². The number of methoxy groups -OCH3 is 1. The summed E-state index contributed by atoms with van der Waals surface area (Å²) in [5.74, 6) is -0.0699. The van der Waals surface area contributed by atoms with E-state index in [9.17, 15) is 4.79 Å². The van der Waals surface area contributed by atoms with Crippen LogP contribution in [-0.2, 0) is 9.53 Å². The van der Waals surface area contributed by atoms with Crippen molar-refractivity contribution in [1.82, 2.24) is 0 Å². The standard InChI is InChI=1S/C9H10BrClO2/c1-5-3-6(9(12)13-2)8(11)7(10)4-5/h3,5H,4H2,1-2H3. The minimum absolute atomic E-state index is 0.311. The Morgan fingerprint density at radius 2 is 2.38 bits per heavy atom. The van der Waals surface area contributed by atoms with Gasteiger partial charge in [-0.05, 0) is 12.3 Å². The first kappa shape index (κ1) is 10.8. The average Bonchev–Trinajstić information content (AvgIpc) is 2.10. The van der Waals surface area contributed by atoms with E-state index >= 15 is 0 Å². The lowest BCUT2D eigenvalue weighted by molar-refractivity contribution is -0.135. The molecule has 0 aromatic carbocycles. The highest BCUT2D eigenvalue weighted by molar-refractivity contribution is 9.11. The molecule has 0 saturated carbocycles. The highest BCUT2D eigenvalue weighted by Gasteiger charge is 2.22. The number of hydrogen-bond acceptors (Lipinski definition) is 2. The largest absolute Gasteiger partial charge is 0.465 e. The molecule has 0 aromatic rings. The van der Waals surface area contributed by atoms with Gasteiger partial charge in [-0.3, -0.25) is 0 Å². The number of allylic oxidation sites excluding steroid dienone is 2. The highest BCUT2D eigenvalue weighted by atomic mass is 79.9. The second-order valence-corrected chi connectivity index (χ2v) is 4.31. The fraction of sp³-hybridized carbons (Fsp3) is 0.444. The third-order valence-electron chi connectivity index (χ3n) is 1.83. The molecule has 72 valence electrons. The Labute approximate surface area is 90.7 Å². The monoisotopic (exact) mass is 264 g/mol. The van der Waals surface area contributed by atoms with Gasteiger partial charge in [0, 0.05) is 4.48 Å². The minimum atomic E-state index is -0.381. The average molecular weight is 266 g/mol. The molecule has 0 heterocycles. The van der Waals surface area contributed by atoms with Gasteiger partial charge in [-0.2, -0.15) is 0 Å². The van der Waals surface area contributed by atoms with E-state index in [1.54, 1.807) is 0 Å². The zero-order valence-corrected chi connectivity index (χ0v) is 9.78. The summed E-state index contributed by atoms with van der Waals surface area (Å²) >= 11 is 9.27. The maximum atomic E-state index is 11.2. The number of halogens is 2. The van der Waals surface area contributed by atoms with Crippen molar-refractivity contribution in [3.63, 3.8) is 0 Å². The predicted molar refractivity (Wildman–Crippen MR) is 55.7 cm³/mol. The Kier molecular flexibility index (Phi) is 3.56. The molecule has 4 heteroatoms. The van der Waals surface area contributed by atoms with Crippen LogP contribution >= 0.6 is 27.5 Å². The molecule has 0 aliphatic heterocycles. The lowest BCUT2D eigenvalue weighted by Gasteiger charge is -2.16. The summed E-state index contributed by atoms with van der Waals surface area (Å²) in [6.45, 7) is 2.02. The van der Waals surface area contributed by atoms with Gasteiger partial charge < -0.3 is 4.74 Å². The van der Waals surface area contributed by atoms with Crippen LogP contribution in [-0.4, -0.2) is 13.1 Å². The molecule has 1 unspecified atom stereocenters. The number of esters is 1. The van der Waals surface area contributed by atoms with Crippen molar-refractivity contribution in [2.75, 3.05) is 7.11 Å². The zero-order valence-electron chi connectivity index (χ0n) is 7.43. The molecule has 0 spiro atoms. The predicted octanol–water partition coefficient (Wildman–Crippen LogP) is 2.97. The Morgan fingerprint density at radius 3 is 2.92 bits per heavy atom. The molecule has 13 heavy (non-hydrogen) atoms. The zero-order chi connectivity index (χ0) is 10.0. The van der Waals surface area contributed by atoms with E-state index in [4.69, 9.17) is 11.6 Å². The normalized spacial score (nSPS) is 22.8. The Bertz CT molecular complexity index is 294. The van der Waals surface area contributed by atoms with E-state index in [1.807, 2.05) is 13.0 Å². The van der Waals surface area contributed by atoms with Crippen LogP contribution in [0.2, 0.25) is 0 Å². The van der Waals surface area contributed by atoms with Crippen molar-refractivity contribution in [1.29, 1.82) is 0 Å². The lowest BCUT2D eigenvalue weighted by Crippen LogP contribution is -2.11. The number of carbonyl (C=O) groups excluding carboxylic acids is 1. The fourth-order valence-corrected chi connectivity index (χ4v) is 2.14. The van der Waals surface area contributed by atoms with Crippen molar-refractivity contribution < 1.29 is 9.53 Å². The second kappa shape index (κ2) is 4.29. The molecule has 0 saturated heterocycles. The first-order chi connectivity index (χ1) is 6.06. The summed E-state index contributed by atoms with van der Waals surface area (Å²) in [7, 11) is 1.35. The first-order valence-corrected chi connectivity index (χ1v) is 5.08. The Hall–Kier alpha value is -0.280. The SMILES string of the molecule is COC(=O)C1=CC(C)CC(Br)=C1Cl. The lowest BCUT2D eigenvalue weighted by atomic mass is 9.98. The van der Waals surface area contributed by atoms with Gasteiger partial charge in [0.25, 0.3) is 0 Å².